The van der Waals surface area contributed by atoms with Gasteiger partial charge in [-0.05, 0) is 13.3 Å². The fourth-order valence-electron chi connectivity index (χ4n) is 1.55. The highest BCUT2D eigenvalue weighted by atomic mass is 16.5. The van der Waals surface area contributed by atoms with Crippen LogP contribution in [-0.4, -0.2) is 46.2 Å². The zero-order valence-electron chi connectivity index (χ0n) is 11.8. The van der Waals surface area contributed by atoms with Gasteiger partial charge in [-0.1, -0.05) is 5.16 Å². The van der Waals surface area contributed by atoms with E-state index < -0.39 is 23.9 Å². The maximum absolute atomic E-state index is 11.7. The average molecular weight is 299 g/mol. The van der Waals surface area contributed by atoms with Crippen LogP contribution in [-0.2, 0) is 25.5 Å². The van der Waals surface area contributed by atoms with Gasteiger partial charge in [0.2, 0.25) is 11.8 Å². The van der Waals surface area contributed by atoms with Crippen molar-refractivity contribution in [2.75, 3.05) is 7.11 Å². The molecule has 2 N–H and O–H groups in total. The standard InChI is InChI=1S/C12H17N3O6/c1-7-13-10(21-15-7)5-4-9(16)14-8(12(18)19)3-6-11(17)20-2/h8H,3-6H2,1-2H3,(H,14,16)(H,18,19). The predicted octanol–water partition coefficient (Wildman–Crippen LogP) is -0.167. The van der Waals surface area contributed by atoms with E-state index in [0.717, 1.165) is 0 Å². The third kappa shape index (κ3) is 6.02. The first-order valence-electron chi connectivity index (χ1n) is 6.30. The van der Waals surface area contributed by atoms with Crippen LogP contribution in [0.25, 0.3) is 0 Å². The first-order chi connectivity index (χ1) is 9.92. The van der Waals surface area contributed by atoms with Crippen molar-refractivity contribution in [3.05, 3.63) is 11.7 Å². The summed E-state index contributed by atoms with van der Waals surface area (Å²) in [6.07, 6.45) is 0.115. The first-order valence-corrected chi connectivity index (χ1v) is 6.30. The van der Waals surface area contributed by atoms with E-state index in [1.54, 1.807) is 6.92 Å². The van der Waals surface area contributed by atoms with Gasteiger partial charge < -0.3 is 19.7 Å². The SMILES string of the molecule is COC(=O)CCC(NC(=O)CCc1nc(C)no1)C(=O)O. The summed E-state index contributed by atoms with van der Waals surface area (Å²) < 4.78 is 9.26. The van der Waals surface area contributed by atoms with Crippen molar-refractivity contribution in [3.63, 3.8) is 0 Å². The van der Waals surface area contributed by atoms with Gasteiger partial charge >= 0.3 is 11.9 Å². The van der Waals surface area contributed by atoms with Crippen molar-refractivity contribution in [1.29, 1.82) is 0 Å². The fraction of sp³-hybridized carbons (Fsp3) is 0.583. The molecule has 1 aromatic heterocycles. The summed E-state index contributed by atoms with van der Waals surface area (Å²) >= 11 is 0. The van der Waals surface area contributed by atoms with Crippen LogP contribution >= 0.6 is 0 Å². The number of aryl methyl sites for hydroxylation is 2. The topological polar surface area (TPSA) is 132 Å². The van der Waals surface area contributed by atoms with Crippen LogP contribution in [0.15, 0.2) is 4.52 Å². The lowest BCUT2D eigenvalue weighted by Crippen LogP contribution is -2.41. The van der Waals surface area contributed by atoms with Crippen LogP contribution in [0.1, 0.15) is 31.0 Å². The number of hydrogen-bond acceptors (Lipinski definition) is 7. The molecule has 0 aromatic carbocycles. The Hall–Kier alpha value is -2.45. The summed E-state index contributed by atoms with van der Waals surface area (Å²) in [5, 5.41) is 14.9. The minimum absolute atomic E-state index is 0.0175. The number of nitrogens with one attached hydrogen (secondary N) is 1. The van der Waals surface area contributed by atoms with Gasteiger partial charge in [-0.3, -0.25) is 9.59 Å². The summed E-state index contributed by atoms with van der Waals surface area (Å²) in [4.78, 5) is 37.6. The van der Waals surface area contributed by atoms with Crippen molar-refractivity contribution in [3.8, 4) is 0 Å². The first kappa shape index (κ1) is 16.6. The molecule has 0 aliphatic rings. The number of hydrogen-bond donors (Lipinski definition) is 2. The van der Waals surface area contributed by atoms with Gasteiger partial charge in [0.25, 0.3) is 0 Å². The largest absolute Gasteiger partial charge is 0.480 e. The molecule has 0 aliphatic heterocycles. The molecule has 0 saturated heterocycles. The van der Waals surface area contributed by atoms with Crippen molar-refractivity contribution >= 4 is 17.8 Å². The quantitative estimate of drug-likeness (QED) is 0.632. The lowest BCUT2D eigenvalue weighted by atomic mass is 10.1. The van der Waals surface area contributed by atoms with Crippen LogP contribution in [0, 0.1) is 6.92 Å². The maximum atomic E-state index is 11.7. The van der Waals surface area contributed by atoms with Gasteiger partial charge in [0.15, 0.2) is 5.82 Å². The number of carboxylic acids is 1. The molecular formula is C12H17N3O6. The van der Waals surface area contributed by atoms with Crippen LogP contribution in [0.2, 0.25) is 0 Å². The Morgan fingerprint density at radius 3 is 2.62 bits per heavy atom. The minimum Gasteiger partial charge on any atom is -0.480 e. The molecule has 0 bridgehead atoms. The summed E-state index contributed by atoms with van der Waals surface area (Å²) in [7, 11) is 1.21. The summed E-state index contributed by atoms with van der Waals surface area (Å²) in [6, 6.07) is -1.14. The number of aromatic nitrogens is 2. The Balaban J connectivity index is 2.41. The number of carbonyl (C=O) groups excluding carboxylic acids is 2. The van der Waals surface area contributed by atoms with Crippen molar-refractivity contribution < 1.29 is 28.8 Å². The molecule has 0 aliphatic carbocycles. The number of esters is 1. The molecule has 0 saturated carbocycles. The van der Waals surface area contributed by atoms with Gasteiger partial charge in [0.1, 0.15) is 6.04 Å². The van der Waals surface area contributed by atoms with E-state index >= 15 is 0 Å². The highest BCUT2D eigenvalue weighted by molar-refractivity contribution is 5.84. The number of nitrogens with zero attached hydrogens (tertiary/aromatic N) is 2. The molecule has 116 valence electrons. The van der Waals surface area contributed by atoms with Gasteiger partial charge in [-0.15, -0.1) is 0 Å². The number of methoxy groups -OCH3 is 1. The van der Waals surface area contributed by atoms with Crippen LogP contribution in [0.4, 0.5) is 0 Å². The number of aliphatic carboxylic acids is 1. The zero-order chi connectivity index (χ0) is 15.8. The van der Waals surface area contributed by atoms with E-state index in [-0.39, 0.29) is 25.7 Å². The summed E-state index contributed by atoms with van der Waals surface area (Å²) in [6.45, 7) is 1.65. The normalized spacial score (nSPS) is 11.7. The molecule has 1 rings (SSSR count). The van der Waals surface area contributed by atoms with Crippen LogP contribution < -0.4 is 5.32 Å². The highest BCUT2D eigenvalue weighted by Crippen LogP contribution is 2.03. The van der Waals surface area contributed by atoms with Crippen molar-refractivity contribution in [2.24, 2.45) is 0 Å². The van der Waals surface area contributed by atoms with Gasteiger partial charge in [-0.25, -0.2) is 4.79 Å². The number of amides is 1. The molecule has 9 heteroatoms. The molecule has 0 fully saturated rings. The number of carbonyl (C=O) groups is 3. The second-order valence-corrected chi connectivity index (χ2v) is 4.31. The predicted molar refractivity (Wildman–Crippen MR) is 68.2 cm³/mol. The van der Waals surface area contributed by atoms with E-state index in [2.05, 4.69) is 20.2 Å². The Morgan fingerprint density at radius 1 is 1.38 bits per heavy atom. The Kier molecular flexibility index (Phi) is 6.31. The summed E-state index contributed by atoms with van der Waals surface area (Å²) in [5.41, 5.74) is 0. The lowest BCUT2D eigenvalue weighted by Gasteiger charge is -2.13. The van der Waals surface area contributed by atoms with E-state index in [9.17, 15) is 14.4 Å². The molecule has 1 unspecified atom stereocenters. The van der Waals surface area contributed by atoms with E-state index in [1.807, 2.05) is 0 Å². The Labute approximate surface area is 120 Å². The molecule has 21 heavy (non-hydrogen) atoms. The van der Waals surface area contributed by atoms with Crippen LogP contribution in [0.5, 0.6) is 0 Å². The molecule has 1 atom stereocenters. The third-order valence-corrected chi connectivity index (χ3v) is 2.63. The molecule has 1 heterocycles. The molecule has 0 radical (unpaired) electrons. The summed E-state index contributed by atoms with van der Waals surface area (Å²) in [5.74, 6) is -1.43. The number of ether oxygens (including phenoxy) is 1. The fourth-order valence-corrected chi connectivity index (χ4v) is 1.55. The molecule has 0 spiro atoms. The average Bonchev–Trinajstić information content (AvgIpc) is 2.86. The van der Waals surface area contributed by atoms with Gasteiger partial charge in [0, 0.05) is 19.3 Å². The van der Waals surface area contributed by atoms with E-state index in [0.29, 0.717) is 11.7 Å². The van der Waals surface area contributed by atoms with Crippen molar-refractivity contribution in [2.45, 2.75) is 38.6 Å². The van der Waals surface area contributed by atoms with Gasteiger partial charge in [0.05, 0.1) is 7.11 Å². The maximum Gasteiger partial charge on any atom is 0.326 e. The smallest absolute Gasteiger partial charge is 0.326 e. The zero-order valence-corrected chi connectivity index (χ0v) is 11.8. The van der Waals surface area contributed by atoms with Gasteiger partial charge in [-0.2, -0.15) is 4.98 Å². The van der Waals surface area contributed by atoms with E-state index in [1.165, 1.54) is 7.11 Å². The molecule has 1 amide bonds. The molecule has 1 aromatic rings. The second-order valence-electron chi connectivity index (χ2n) is 4.31. The minimum atomic E-state index is -1.21. The number of rotatable bonds is 8. The highest BCUT2D eigenvalue weighted by Gasteiger charge is 2.21. The van der Waals surface area contributed by atoms with Crippen molar-refractivity contribution in [1.82, 2.24) is 15.5 Å². The second kappa shape index (κ2) is 7.98. The third-order valence-electron chi connectivity index (χ3n) is 2.63. The lowest BCUT2D eigenvalue weighted by molar-refractivity contribution is -0.144. The monoisotopic (exact) mass is 299 g/mol. The number of carboxylic acid groups (broad SMARTS) is 1. The molecule has 9 nitrogen and oxygen atoms in total. The van der Waals surface area contributed by atoms with E-state index in [4.69, 9.17) is 9.63 Å². The Morgan fingerprint density at radius 2 is 2.10 bits per heavy atom. The Bertz CT molecular complexity index is 513. The molecular weight excluding hydrogens is 282 g/mol. The van der Waals surface area contributed by atoms with Crippen LogP contribution in [0.3, 0.4) is 0 Å².